The minimum atomic E-state index is -0.220. The first-order chi connectivity index (χ1) is 16.5. The first kappa shape index (κ1) is 27.2. The molecular weight excluding hydrogens is 465 g/mol. The summed E-state index contributed by atoms with van der Waals surface area (Å²) in [6, 6.07) is 14.6. The number of hydrogen-bond donors (Lipinski definition) is 3. The number of carbonyl (C=O) groups is 2. The number of hydrogen-bond acceptors (Lipinski definition) is 3. The van der Waals surface area contributed by atoms with Crippen molar-refractivity contribution in [3.63, 3.8) is 0 Å². The molecule has 7 heteroatoms. The molecule has 2 aromatic carbocycles. The Balaban J connectivity index is 0.00000342. The molecule has 0 aromatic heterocycles. The Bertz CT molecular complexity index is 976. The maximum Gasteiger partial charge on any atom is 0.319 e. The van der Waals surface area contributed by atoms with E-state index in [0.29, 0.717) is 23.2 Å². The van der Waals surface area contributed by atoms with Gasteiger partial charge in [-0.15, -0.1) is 12.4 Å². The number of ketones is 1. The van der Waals surface area contributed by atoms with Crippen LogP contribution in [0.5, 0.6) is 0 Å². The molecule has 2 fully saturated rings. The van der Waals surface area contributed by atoms with Crippen LogP contribution in [0.4, 0.5) is 14.9 Å². The second kappa shape index (κ2) is 13.0. The molecule has 0 spiro atoms. The summed E-state index contributed by atoms with van der Waals surface area (Å²) < 4.78 is 13.2. The van der Waals surface area contributed by atoms with Gasteiger partial charge in [0.15, 0.2) is 5.78 Å². The lowest BCUT2D eigenvalue weighted by atomic mass is 9.81. The number of urea groups is 1. The van der Waals surface area contributed by atoms with Gasteiger partial charge in [0.05, 0.1) is 0 Å². The zero-order chi connectivity index (χ0) is 23.9. The zero-order valence-corrected chi connectivity index (χ0v) is 21.2. The molecule has 190 valence electrons. The van der Waals surface area contributed by atoms with E-state index in [1.807, 2.05) is 12.1 Å². The standard InChI is InChI=1S/C28H36FN3O2.ClH/c1-19(33)22-5-4-6-25(18-22)31-28(34)32-27-8-3-2-7-26(27)30-24-15-11-21(12-16-24)17-20-9-13-23(29)14-10-20;/h4-6,9-10,13-14,18,21,24,26-27,30H,2-3,7-8,11-12,15-17H2,1H3,(H2,31,32,34);1H/t21-,24+,26-,27-;/m1./s1. The zero-order valence-electron chi connectivity index (χ0n) is 20.4. The molecule has 4 rings (SSSR count). The molecule has 2 aromatic rings. The lowest BCUT2D eigenvalue weighted by Gasteiger charge is -2.38. The van der Waals surface area contributed by atoms with Crippen molar-refractivity contribution >= 4 is 29.9 Å². The van der Waals surface area contributed by atoms with Crippen LogP contribution in [0.15, 0.2) is 48.5 Å². The van der Waals surface area contributed by atoms with E-state index in [-0.39, 0.29) is 42.1 Å². The first-order valence-corrected chi connectivity index (χ1v) is 12.7. The molecule has 2 aliphatic rings. The molecule has 2 aliphatic carbocycles. The largest absolute Gasteiger partial charge is 0.334 e. The summed E-state index contributed by atoms with van der Waals surface area (Å²) in [7, 11) is 0. The molecule has 0 saturated heterocycles. The van der Waals surface area contributed by atoms with Gasteiger partial charge in [-0.2, -0.15) is 0 Å². The van der Waals surface area contributed by atoms with Gasteiger partial charge in [-0.3, -0.25) is 4.79 Å². The van der Waals surface area contributed by atoms with Gasteiger partial charge in [0.1, 0.15) is 5.82 Å². The monoisotopic (exact) mass is 501 g/mol. The normalized spacial score (nSPS) is 24.2. The summed E-state index contributed by atoms with van der Waals surface area (Å²) in [5.74, 6) is 0.457. The van der Waals surface area contributed by atoms with Crippen molar-refractivity contribution in [2.45, 2.75) is 82.8 Å². The Morgan fingerprint density at radius 2 is 1.60 bits per heavy atom. The number of rotatable bonds is 7. The predicted molar refractivity (Wildman–Crippen MR) is 141 cm³/mol. The van der Waals surface area contributed by atoms with Gasteiger partial charge in [0.2, 0.25) is 0 Å². The predicted octanol–water partition coefficient (Wildman–Crippen LogP) is 6.27. The number of halogens is 2. The molecule has 2 amide bonds. The third-order valence-corrected chi connectivity index (χ3v) is 7.34. The lowest BCUT2D eigenvalue weighted by molar-refractivity contribution is 0.101. The van der Waals surface area contributed by atoms with Crippen LogP contribution in [-0.4, -0.2) is 29.9 Å². The van der Waals surface area contributed by atoms with Crippen LogP contribution in [-0.2, 0) is 6.42 Å². The number of amides is 2. The van der Waals surface area contributed by atoms with Crippen molar-refractivity contribution in [1.82, 2.24) is 10.6 Å². The van der Waals surface area contributed by atoms with E-state index >= 15 is 0 Å². The summed E-state index contributed by atoms with van der Waals surface area (Å²) in [5.41, 5.74) is 2.43. The van der Waals surface area contributed by atoms with Gasteiger partial charge in [-0.1, -0.05) is 37.1 Å². The molecule has 0 unspecified atom stereocenters. The fourth-order valence-corrected chi connectivity index (χ4v) is 5.44. The summed E-state index contributed by atoms with van der Waals surface area (Å²) in [6.07, 6.45) is 9.98. The minimum Gasteiger partial charge on any atom is -0.334 e. The quantitative estimate of drug-likeness (QED) is 0.391. The van der Waals surface area contributed by atoms with E-state index in [1.165, 1.54) is 31.7 Å². The number of Topliss-reactive ketones (excluding diaryl/α,β-unsaturated/α-hetero) is 1. The van der Waals surface area contributed by atoms with Gasteiger partial charge in [-0.25, -0.2) is 9.18 Å². The first-order valence-electron chi connectivity index (χ1n) is 12.7. The molecule has 0 radical (unpaired) electrons. The average Bonchev–Trinajstić information content (AvgIpc) is 2.83. The molecular formula is C28H37ClFN3O2. The maximum absolute atomic E-state index is 13.2. The molecule has 0 bridgehead atoms. The van der Waals surface area contributed by atoms with Crippen LogP contribution >= 0.6 is 12.4 Å². The second-order valence-electron chi connectivity index (χ2n) is 9.95. The molecule has 5 nitrogen and oxygen atoms in total. The smallest absolute Gasteiger partial charge is 0.319 e. The Labute approximate surface area is 214 Å². The molecule has 3 N–H and O–H groups in total. The summed E-state index contributed by atoms with van der Waals surface area (Å²) >= 11 is 0. The van der Waals surface area contributed by atoms with Crippen LogP contribution in [0.1, 0.15) is 74.2 Å². The average molecular weight is 502 g/mol. The Hall–Kier alpha value is -2.44. The SMILES string of the molecule is CC(=O)c1cccc(NC(=O)N[C@@H]2CCCC[C@H]2N[C@H]2CC[C@@H](Cc3ccc(F)cc3)CC2)c1.Cl. The molecule has 0 heterocycles. The van der Waals surface area contributed by atoms with Crippen molar-refractivity contribution < 1.29 is 14.0 Å². The fraction of sp³-hybridized carbons (Fsp3) is 0.500. The third-order valence-electron chi connectivity index (χ3n) is 7.34. The maximum atomic E-state index is 13.2. The van der Waals surface area contributed by atoms with Gasteiger partial charge in [0, 0.05) is 29.4 Å². The molecule has 2 saturated carbocycles. The second-order valence-corrected chi connectivity index (χ2v) is 9.95. The van der Waals surface area contributed by atoms with E-state index in [9.17, 15) is 14.0 Å². The van der Waals surface area contributed by atoms with Crippen molar-refractivity contribution in [3.05, 3.63) is 65.5 Å². The molecule has 35 heavy (non-hydrogen) atoms. The highest BCUT2D eigenvalue weighted by atomic mass is 35.5. The van der Waals surface area contributed by atoms with Crippen molar-refractivity contribution in [1.29, 1.82) is 0 Å². The van der Waals surface area contributed by atoms with Crippen LogP contribution in [0.2, 0.25) is 0 Å². The van der Waals surface area contributed by atoms with Gasteiger partial charge < -0.3 is 16.0 Å². The van der Waals surface area contributed by atoms with Crippen LogP contribution in [0.25, 0.3) is 0 Å². The Morgan fingerprint density at radius 3 is 2.29 bits per heavy atom. The highest BCUT2D eigenvalue weighted by Crippen LogP contribution is 2.29. The van der Waals surface area contributed by atoms with Crippen LogP contribution in [0.3, 0.4) is 0 Å². The van der Waals surface area contributed by atoms with E-state index in [1.54, 1.807) is 36.4 Å². The molecule has 0 aliphatic heterocycles. The van der Waals surface area contributed by atoms with Gasteiger partial charge in [-0.05, 0) is 87.6 Å². The van der Waals surface area contributed by atoms with Gasteiger partial charge in [0.25, 0.3) is 0 Å². The Kier molecular flexibility index (Phi) is 10.1. The van der Waals surface area contributed by atoms with E-state index < -0.39 is 0 Å². The van der Waals surface area contributed by atoms with Crippen LogP contribution in [0, 0.1) is 11.7 Å². The fourth-order valence-electron chi connectivity index (χ4n) is 5.44. The highest BCUT2D eigenvalue weighted by molar-refractivity contribution is 5.96. The highest BCUT2D eigenvalue weighted by Gasteiger charge is 2.30. The summed E-state index contributed by atoms with van der Waals surface area (Å²) in [5, 5.41) is 9.92. The lowest BCUT2D eigenvalue weighted by Crippen LogP contribution is -2.55. The number of benzene rings is 2. The summed E-state index contributed by atoms with van der Waals surface area (Å²) in [6.45, 7) is 1.52. The van der Waals surface area contributed by atoms with Crippen molar-refractivity contribution in [2.75, 3.05) is 5.32 Å². The Morgan fingerprint density at radius 1 is 0.914 bits per heavy atom. The summed E-state index contributed by atoms with van der Waals surface area (Å²) in [4.78, 5) is 24.3. The number of anilines is 1. The number of nitrogens with one attached hydrogen (secondary N) is 3. The van der Waals surface area contributed by atoms with Crippen molar-refractivity contribution in [3.8, 4) is 0 Å². The minimum absolute atomic E-state index is 0. The van der Waals surface area contributed by atoms with Gasteiger partial charge >= 0.3 is 6.03 Å². The van der Waals surface area contributed by atoms with E-state index in [2.05, 4.69) is 16.0 Å². The van der Waals surface area contributed by atoms with E-state index in [4.69, 9.17) is 0 Å². The van der Waals surface area contributed by atoms with Crippen molar-refractivity contribution in [2.24, 2.45) is 5.92 Å². The third kappa shape index (κ3) is 8.04. The van der Waals surface area contributed by atoms with E-state index in [0.717, 1.165) is 38.5 Å². The number of carbonyl (C=O) groups excluding carboxylic acids is 2. The molecule has 2 atom stereocenters. The topological polar surface area (TPSA) is 70.2 Å². The van der Waals surface area contributed by atoms with Crippen LogP contribution < -0.4 is 16.0 Å².